The molecule has 0 aliphatic rings. The van der Waals surface area contributed by atoms with Gasteiger partial charge < -0.3 is 14.8 Å². The van der Waals surface area contributed by atoms with E-state index in [-0.39, 0.29) is 6.04 Å². The summed E-state index contributed by atoms with van der Waals surface area (Å²) in [4.78, 5) is 0. The summed E-state index contributed by atoms with van der Waals surface area (Å²) >= 11 is 0. The first-order valence-corrected chi connectivity index (χ1v) is 8.06. The van der Waals surface area contributed by atoms with E-state index < -0.39 is 0 Å². The first-order valence-electron chi connectivity index (χ1n) is 8.06. The van der Waals surface area contributed by atoms with Gasteiger partial charge in [0.25, 0.3) is 0 Å². The monoisotopic (exact) mass is 293 g/mol. The highest BCUT2D eigenvalue weighted by Gasteiger charge is 2.10. The van der Waals surface area contributed by atoms with E-state index in [4.69, 9.17) is 9.47 Å². The Bertz CT molecular complexity index is 362. The van der Waals surface area contributed by atoms with Gasteiger partial charge in [-0.2, -0.15) is 0 Å². The van der Waals surface area contributed by atoms with Crippen molar-refractivity contribution in [3.05, 3.63) is 35.4 Å². The number of hydrogen-bond acceptors (Lipinski definition) is 3. The van der Waals surface area contributed by atoms with Gasteiger partial charge in [0.05, 0.1) is 12.6 Å². The minimum atomic E-state index is 0.269. The van der Waals surface area contributed by atoms with Crippen molar-refractivity contribution in [2.24, 2.45) is 5.92 Å². The molecule has 3 nitrogen and oxygen atoms in total. The zero-order valence-electron chi connectivity index (χ0n) is 14.0. The van der Waals surface area contributed by atoms with E-state index in [2.05, 4.69) is 50.4 Å². The zero-order valence-corrected chi connectivity index (χ0v) is 14.0. The fourth-order valence-corrected chi connectivity index (χ4v) is 2.38. The van der Waals surface area contributed by atoms with Gasteiger partial charge in [-0.05, 0) is 36.4 Å². The average Bonchev–Trinajstić information content (AvgIpc) is 2.46. The Hall–Kier alpha value is -0.900. The minimum Gasteiger partial charge on any atom is -0.385 e. The van der Waals surface area contributed by atoms with Crippen LogP contribution in [-0.2, 0) is 15.9 Å². The third-order valence-electron chi connectivity index (χ3n) is 3.40. The minimum absolute atomic E-state index is 0.269. The number of likely N-dealkylation sites (N-methyl/N-ethyl adjacent to an activating group) is 1. The predicted octanol–water partition coefficient (Wildman–Crippen LogP) is 3.59. The molecule has 21 heavy (non-hydrogen) atoms. The second-order valence-electron chi connectivity index (χ2n) is 5.87. The fraction of sp³-hybridized carbons (Fsp3) is 0.667. The van der Waals surface area contributed by atoms with E-state index >= 15 is 0 Å². The molecule has 120 valence electrons. The number of ether oxygens (including phenoxy) is 2. The van der Waals surface area contributed by atoms with Crippen LogP contribution >= 0.6 is 0 Å². The highest BCUT2D eigenvalue weighted by atomic mass is 16.5. The van der Waals surface area contributed by atoms with Crippen molar-refractivity contribution < 1.29 is 9.47 Å². The molecule has 0 heterocycles. The number of rotatable bonds is 11. The summed E-state index contributed by atoms with van der Waals surface area (Å²) in [5, 5.41) is 3.49. The van der Waals surface area contributed by atoms with Gasteiger partial charge in [-0.1, -0.05) is 45.0 Å². The normalized spacial score (nSPS) is 12.8. The SMILES string of the molecule is CCNC(COCCCOC)c1ccc(CC(C)C)cc1. The fourth-order valence-electron chi connectivity index (χ4n) is 2.38. The number of hydrogen-bond donors (Lipinski definition) is 1. The lowest BCUT2D eigenvalue weighted by Gasteiger charge is -2.19. The molecule has 1 N–H and O–H groups in total. The summed E-state index contributed by atoms with van der Waals surface area (Å²) in [6.45, 7) is 9.80. The van der Waals surface area contributed by atoms with Crippen molar-refractivity contribution in [1.82, 2.24) is 5.32 Å². The number of benzene rings is 1. The van der Waals surface area contributed by atoms with Crippen LogP contribution < -0.4 is 5.32 Å². The summed E-state index contributed by atoms with van der Waals surface area (Å²) in [5.74, 6) is 0.699. The molecule has 1 aromatic carbocycles. The first kappa shape index (κ1) is 18.1. The molecule has 0 saturated heterocycles. The predicted molar refractivity (Wildman–Crippen MR) is 88.7 cm³/mol. The van der Waals surface area contributed by atoms with Gasteiger partial charge in [-0.3, -0.25) is 0 Å². The topological polar surface area (TPSA) is 30.5 Å². The van der Waals surface area contributed by atoms with E-state index in [0.717, 1.165) is 32.6 Å². The molecule has 0 bridgehead atoms. The lowest BCUT2D eigenvalue weighted by molar-refractivity contribution is 0.0878. The van der Waals surface area contributed by atoms with Crippen molar-refractivity contribution in [2.45, 2.75) is 39.7 Å². The van der Waals surface area contributed by atoms with Crippen LogP contribution in [0.2, 0.25) is 0 Å². The highest BCUT2D eigenvalue weighted by molar-refractivity contribution is 5.25. The van der Waals surface area contributed by atoms with Crippen LogP contribution in [0, 0.1) is 5.92 Å². The van der Waals surface area contributed by atoms with Crippen LogP contribution in [-0.4, -0.2) is 33.5 Å². The third kappa shape index (κ3) is 7.60. The van der Waals surface area contributed by atoms with E-state index in [1.807, 2.05) is 0 Å². The molecule has 0 fully saturated rings. The number of methoxy groups -OCH3 is 1. The zero-order chi connectivity index (χ0) is 15.5. The van der Waals surface area contributed by atoms with Gasteiger partial charge in [-0.25, -0.2) is 0 Å². The number of nitrogens with one attached hydrogen (secondary N) is 1. The van der Waals surface area contributed by atoms with Crippen LogP contribution in [0.15, 0.2) is 24.3 Å². The summed E-state index contributed by atoms with van der Waals surface area (Å²) < 4.78 is 10.8. The van der Waals surface area contributed by atoms with Crippen molar-refractivity contribution in [1.29, 1.82) is 0 Å². The average molecular weight is 293 g/mol. The van der Waals surface area contributed by atoms with E-state index in [0.29, 0.717) is 12.5 Å². The second-order valence-corrected chi connectivity index (χ2v) is 5.87. The summed E-state index contributed by atoms with van der Waals surface area (Å²) in [7, 11) is 1.72. The van der Waals surface area contributed by atoms with Gasteiger partial charge in [0.15, 0.2) is 0 Å². The van der Waals surface area contributed by atoms with Crippen molar-refractivity contribution in [2.75, 3.05) is 33.5 Å². The Morgan fingerprint density at radius 1 is 1.10 bits per heavy atom. The van der Waals surface area contributed by atoms with Crippen LogP contribution in [0.1, 0.15) is 44.4 Å². The van der Waals surface area contributed by atoms with Crippen molar-refractivity contribution in [3.63, 3.8) is 0 Å². The Morgan fingerprint density at radius 3 is 2.38 bits per heavy atom. The molecule has 1 rings (SSSR count). The molecule has 0 aromatic heterocycles. The lowest BCUT2D eigenvalue weighted by Crippen LogP contribution is -2.25. The summed E-state index contributed by atoms with van der Waals surface area (Å²) in [6, 6.07) is 9.20. The quantitative estimate of drug-likeness (QED) is 0.633. The molecule has 1 aromatic rings. The highest BCUT2D eigenvalue weighted by Crippen LogP contribution is 2.16. The Kier molecular flexibility index (Phi) is 9.31. The lowest BCUT2D eigenvalue weighted by atomic mass is 9.99. The third-order valence-corrected chi connectivity index (χ3v) is 3.40. The van der Waals surface area contributed by atoms with E-state index in [1.54, 1.807) is 7.11 Å². The largest absolute Gasteiger partial charge is 0.385 e. The molecule has 1 unspecified atom stereocenters. The van der Waals surface area contributed by atoms with E-state index in [9.17, 15) is 0 Å². The smallest absolute Gasteiger partial charge is 0.0661 e. The van der Waals surface area contributed by atoms with Gasteiger partial charge in [0.2, 0.25) is 0 Å². The molecule has 0 amide bonds. The summed E-state index contributed by atoms with van der Waals surface area (Å²) in [5.41, 5.74) is 2.71. The van der Waals surface area contributed by atoms with Gasteiger partial charge in [0.1, 0.15) is 0 Å². The van der Waals surface area contributed by atoms with Crippen LogP contribution in [0.3, 0.4) is 0 Å². The first-order chi connectivity index (χ1) is 10.2. The van der Waals surface area contributed by atoms with Crippen molar-refractivity contribution >= 4 is 0 Å². The van der Waals surface area contributed by atoms with Crippen LogP contribution in [0.25, 0.3) is 0 Å². The van der Waals surface area contributed by atoms with Crippen molar-refractivity contribution in [3.8, 4) is 0 Å². The Balaban J connectivity index is 2.50. The maximum Gasteiger partial charge on any atom is 0.0661 e. The summed E-state index contributed by atoms with van der Waals surface area (Å²) in [6.07, 6.45) is 2.09. The molecule has 0 aliphatic heterocycles. The Morgan fingerprint density at radius 2 is 1.81 bits per heavy atom. The van der Waals surface area contributed by atoms with Crippen LogP contribution in [0.5, 0.6) is 0 Å². The van der Waals surface area contributed by atoms with E-state index in [1.165, 1.54) is 11.1 Å². The second kappa shape index (κ2) is 10.8. The Labute approximate surface area is 130 Å². The molecule has 1 atom stereocenters. The molecule has 0 spiro atoms. The van der Waals surface area contributed by atoms with Gasteiger partial charge in [0, 0.05) is 20.3 Å². The maximum absolute atomic E-state index is 5.76. The molecule has 0 radical (unpaired) electrons. The van der Waals surface area contributed by atoms with Gasteiger partial charge in [-0.15, -0.1) is 0 Å². The maximum atomic E-state index is 5.76. The van der Waals surface area contributed by atoms with Gasteiger partial charge >= 0.3 is 0 Å². The molecular weight excluding hydrogens is 262 g/mol. The molecule has 0 saturated carbocycles. The van der Waals surface area contributed by atoms with Crippen LogP contribution in [0.4, 0.5) is 0 Å². The molecule has 3 heteroatoms. The standard InChI is InChI=1S/C18H31NO2/c1-5-19-18(14-21-12-6-11-20-4)17-9-7-16(8-10-17)13-15(2)3/h7-10,15,18-19H,5-6,11-14H2,1-4H3. The molecule has 0 aliphatic carbocycles. The molecular formula is C18H31NO2.